The van der Waals surface area contributed by atoms with Gasteiger partial charge in [0.2, 0.25) is 0 Å². The normalized spacial score (nSPS) is 22.8. The molecule has 21 heavy (non-hydrogen) atoms. The highest BCUT2D eigenvalue weighted by Crippen LogP contribution is 2.22. The summed E-state index contributed by atoms with van der Waals surface area (Å²) in [5.74, 6) is 0.783. The highest BCUT2D eigenvalue weighted by molar-refractivity contribution is 9.10. The van der Waals surface area contributed by atoms with Crippen molar-refractivity contribution in [3.63, 3.8) is 0 Å². The van der Waals surface area contributed by atoms with Gasteiger partial charge in [-0.3, -0.25) is 9.00 Å². The zero-order chi connectivity index (χ0) is 15.6. The molecule has 1 aliphatic rings. The Morgan fingerprint density at radius 1 is 1.29 bits per heavy atom. The van der Waals surface area contributed by atoms with Gasteiger partial charge in [0.15, 0.2) is 0 Å². The van der Waals surface area contributed by atoms with Gasteiger partial charge in [0.05, 0.1) is 4.90 Å². The Bertz CT molecular complexity index is 682. The van der Waals surface area contributed by atoms with E-state index in [1.54, 1.807) is 0 Å². The predicted molar refractivity (Wildman–Crippen MR) is 85.5 cm³/mol. The van der Waals surface area contributed by atoms with E-state index < -0.39 is 19.9 Å². The highest BCUT2D eigenvalue weighted by atomic mass is 79.9. The molecule has 0 spiro atoms. The lowest BCUT2D eigenvalue weighted by Crippen LogP contribution is -2.39. The van der Waals surface area contributed by atoms with Crippen LogP contribution in [-0.2, 0) is 19.9 Å². The molecule has 1 N–H and O–H groups in total. The summed E-state index contributed by atoms with van der Waals surface area (Å²) in [5, 5.41) is 2.83. The van der Waals surface area contributed by atoms with Crippen LogP contribution in [-0.4, -0.2) is 36.1 Å². The molecule has 9 heteroatoms. The summed E-state index contributed by atoms with van der Waals surface area (Å²) < 4.78 is 34.5. The van der Waals surface area contributed by atoms with Gasteiger partial charge >= 0.3 is 0 Å². The standard InChI is InChI=1S/C12H13BrClNO4S2/c13-9-5-8(6-11(7-9)21(14,18)19)12(16)15-10-1-3-20(17)4-2-10/h5-7,10H,1-4H2,(H,15,16). The van der Waals surface area contributed by atoms with Crippen molar-refractivity contribution in [1.82, 2.24) is 5.32 Å². The second-order valence-electron chi connectivity index (χ2n) is 4.71. The van der Waals surface area contributed by atoms with Crippen LogP contribution >= 0.6 is 26.6 Å². The van der Waals surface area contributed by atoms with Crippen LogP contribution < -0.4 is 5.32 Å². The molecule has 1 heterocycles. The molecule has 116 valence electrons. The molecule has 1 saturated heterocycles. The minimum absolute atomic E-state index is 0.0368. The summed E-state index contributed by atoms with van der Waals surface area (Å²) in [7, 11) is 0.606. The van der Waals surface area contributed by atoms with Gasteiger partial charge in [-0.05, 0) is 31.0 Å². The lowest BCUT2D eigenvalue weighted by Gasteiger charge is -2.22. The van der Waals surface area contributed by atoms with Crippen molar-refractivity contribution in [3.05, 3.63) is 28.2 Å². The molecule has 0 aliphatic carbocycles. The summed E-state index contributed by atoms with van der Waals surface area (Å²) in [6.07, 6.45) is 1.32. The number of amides is 1. The van der Waals surface area contributed by atoms with Gasteiger partial charge < -0.3 is 5.32 Å². The van der Waals surface area contributed by atoms with Crippen molar-refractivity contribution in [1.29, 1.82) is 0 Å². The third-order valence-electron chi connectivity index (χ3n) is 3.14. The fourth-order valence-electron chi connectivity index (χ4n) is 2.04. The van der Waals surface area contributed by atoms with Crippen LogP contribution in [0.4, 0.5) is 0 Å². The summed E-state index contributed by atoms with van der Waals surface area (Å²) in [5.41, 5.74) is 0.218. The summed E-state index contributed by atoms with van der Waals surface area (Å²) in [6, 6.07) is 4.07. The van der Waals surface area contributed by atoms with E-state index in [2.05, 4.69) is 21.2 Å². The van der Waals surface area contributed by atoms with Gasteiger partial charge in [0.1, 0.15) is 0 Å². The fourth-order valence-corrected chi connectivity index (χ4v) is 4.79. The Balaban J connectivity index is 2.16. The van der Waals surface area contributed by atoms with Gasteiger partial charge in [-0.25, -0.2) is 8.42 Å². The third kappa shape index (κ3) is 4.77. The maximum absolute atomic E-state index is 12.2. The molecule has 0 saturated carbocycles. The Morgan fingerprint density at radius 3 is 2.48 bits per heavy atom. The van der Waals surface area contributed by atoms with E-state index in [1.807, 2.05) is 0 Å². The van der Waals surface area contributed by atoms with Crippen molar-refractivity contribution in [3.8, 4) is 0 Å². The zero-order valence-corrected chi connectivity index (χ0v) is 14.8. The monoisotopic (exact) mass is 413 g/mol. The molecule has 0 unspecified atom stereocenters. The number of nitrogens with one attached hydrogen (secondary N) is 1. The van der Waals surface area contributed by atoms with E-state index in [4.69, 9.17) is 10.7 Å². The SMILES string of the molecule is O=C(NC1CCS(=O)CC1)c1cc(Br)cc(S(=O)(=O)Cl)c1. The summed E-state index contributed by atoms with van der Waals surface area (Å²) >= 11 is 3.16. The van der Waals surface area contributed by atoms with Gasteiger partial charge in [-0.2, -0.15) is 0 Å². The van der Waals surface area contributed by atoms with E-state index in [1.165, 1.54) is 18.2 Å². The van der Waals surface area contributed by atoms with Crippen molar-refractivity contribution < 1.29 is 17.4 Å². The maximum Gasteiger partial charge on any atom is 0.261 e. The van der Waals surface area contributed by atoms with Gasteiger partial charge in [-0.1, -0.05) is 15.9 Å². The lowest BCUT2D eigenvalue weighted by molar-refractivity contribution is 0.0934. The van der Waals surface area contributed by atoms with Crippen molar-refractivity contribution in [2.45, 2.75) is 23.8 Å². The topological polar surface area (TPSA) is 80.3 Å². The first-order valence-electron chi connectivity index (χ1n) is 6.17. The minimum atomic E-state index is -3.90. The quantitative estimate of drug-likeness (QED) is 0.767. The Morgan fingerprint density at radius 2 is 1.90 bits per heavy atom. The van der Waals surface area contributed by atoms with Crippen molar-refractivity contribution in [2.75, 3.05) is 11.5 Å². The second-order valence-corrected chi connectivity index (χ2v) is 9.89. The number of hydrogen-bond acceptors (Lipinski definition) is 4. The number of halogens is 2. The van der Waals surface area contributed by atoms with Gasteiger partial charge in [0, 0.05) is 49.1 Å². The van der Waals surface area contributed by atoms with Gasteiger partial charge in [0.25, 0.3) is 15.0 Å². The van der Waals surface area contributed by atoms with Crippen LogP contribution in [0.2, 0.25) is 0 Å². The molecule has 1 aliphatic heterocycles. The second kappa shape index (κ2) is 6.76. The number of hydrogen-bond donors (Lipinski definition) is 1. The Labute approximate surface area is 138 Å². The van der Waals surface area contributed by atoms with Crippen LogP contribution in [0, 0.1) is 0 Å². The van der Waals surface area contributed by atoms with Crippen LogP contribution in [0.1, 0.15) is 23.2 Å². The van der Waals surface area contributed by atoms with E-state index >= 15 is 0 Å². The Kier molecular flexibility index (Phi) is 5.45. The molecular weight excluding hydrogens is 402 g/mol. The minimum Gasteiger partial charge on any atom is -0.349 e. The first-order valence-corrected chi connectivity index (χ1v) is 10.8. The largest absolute Gasteiger partial charge is 0.349 e. The molecule has 1 fully saturated rings. The molecule has 5 nitrogen and oxygen atoms in total. The molecule has 0 atom stereocenters. The smallest absolute Gasteiger partial charge is 0.261 e. The number of carbonyl (C=O) groups is 1. The summed E-state index contributed by atoms with van der Waals surface area (Å²) in [4.78, 5) is 12.0. The molecule has 2 rings (SSSR count). The van der Waals surface area contributed by atoms with Gasteiger partial charge in [-0.15, -0.1) is 0 Å². The van der Waals surface area contributed by atoms with E-state index in [-0.39, 0.29) is 22.4 Å². The average molecular weight is 415 g/mol. The third-order valence-corrected chi connectivity index (χ3v) is 6.31. The van der Waals surface area contributed by atoms with Crippen LogP contribution in [0.5, 0.6) is 0 Å². The molecule has 1 aromatic rings. The molecule has 1 amide bonds. The van der Waals surface area contributed by atoms with Crippen molar-refractivity contribution in [2.24, 2.45) is 0 Å². The van der Waals surface area contributed by atoms with Crippen molar-refractivity contribution >= 4 is 52.4 Å². The van der Waals surface area contributed by atoms with Crippen LogP contribution in [0.15, 0.2) is 27.6 Å². The molecule has 0 bridgehead atoms. The first-order chi connectivity index (χ1) is 9.75. The number of rotatable bonds is 3. The molecule has 0 radical (unpaired) electrons. The molecule has 0 aromatic heterocycles. The highest BCUT2D eigenvalue weighted by Gasteiger charge is 2.21. The Hall–Kier alpha value is -0.440. The van der Waals surface area contributed by atoms with E-state index in [0.29, 0.717) is 28.8 Å². The van der Waals surface area contributed by atoms with Crippen LogP contribution in [0.25, 0.3) is 0 Å². The molecule has 1 aromatic carbocycles. The number of benzene rings is 1. The zero-order valence-electron chi connectivity index (χ0n) is 10.8. The fraction of sp³-hybridized carbons (Fsp3) is 0.417. The first kappa shape index (κ1) is 16.9. The molecular formula is C12H13BrClNO4S2. The number of carbonyl (C=O) groups excluding carboxylic acids is 1. The lowest BCUT2D eigenvalue weighted by atomic mass is 10.1. The van der Waals surface area contributed by atoms with Crippen LogP contribution in [0.3, 0.4) is 0 Å². The van der Waals surface area contributed by atoms with E-state index in [0.717, 1.165) is 0 Å². The maximum atomic E-state index is 12.2. The predicted octanol–water partition coefficient (Wildman–Crippen LogP) is 2.02. The summed E-state index contributed by atoms with van der Waals surface area (Å²) in [6.45, 7) is 0. The van der Waals surface area contributed by atoms with E-state index in [9.17, 15) is 17.4 Å². The average Bonchev–Trinajstić information content (AvgIpc) is 2.39.